The van der Waals surface area contributed by atoms with E-state index < -0.39 is 11.7 Å². The van der Waals surface area contributed by atoms with E-state index in [2.05, 4.69) is 10.3 Å². The summed E-state index contributed by atoms with van der Waals surface area (Å²) in [5.41, 5.74) is 5.14. The van der Waals surface area contributed by atoms with Crippen molar-refractivity contribution in [2.75, 3.05) is 13.1 Å². The predicted molar refractivity (Wildman–Crippen MR) is 79.5 cm³/mol. The third kappa shape index (κ3) is 3.12. The lowest BCUT2D eigenvalue weighted by Crippen LogP contribution is -2.40. The first-order valence-corrected chi connectivity index (χ1v) is 7.51. The van der Waals surface area contributed by atoms with E-state index in [1.165, 1.54) is 18.3 Å². The summed E-state index contributed by atoms with van der Waals surface area (Å²) in [5, 5.41) is 7.57. The Kier molecular flexibility index (Phi) is 4.27. The molecule has 1 aromatic heterocycles. The smallest absolute Gasteiger partial charge is 0.333 e. The first-order valence-electron chi connectivity index (χ1n) is 7.51. The van der Waals surface area contributed by atoms with Crippen molar-refractivity contribution in [3.8, 4) is 5.69 Å². The van der Waals surface area contributed by atoms with E-state index in [4.69, 9.17) is 5.73 Å². The van der Waals surface area contributed by atoms with Crippen molar-refractivity contribution in [2.24, 2.45) is 5.73 Å². The number of alkyl halides is 3. The molecule has 1 aromatic carbocycles. The van der Waals surface area contributed by atoms with Crippen LogP contribution in [0.2, 0.25) is 0 Å². The summed E-state index contributed by atoms with van der Waals surface area (Å²) in [6, 6.07) is 4.66. The molecule has 1 amide bonds. The number of carbonyl (C=O) groups excluding carboxylic acids is 1. The van der Waals surface area contributed by atoms with Gasteiger partial charge in [-0.25, -0.2) is 4.68 Å². The Morgan fingerprint density at radius 2 is 2.17 bits per heavy atom. The molecular formula is C15H16F3N5O. The molecule has 0 unspecified atom stereocenters. The maximum absolute atomic E-state index is 12.8. The van der Waals surface area contributed by atoms with E-state index in [-0.39, 0.29) is 23.3 Å². The van der Waals surface area contributed by atoms with E-state index in [9.17, 15) is 18.0 Å². The number of hydrogen-bond donors (Lipinski definition) is 1. The second kappa shape index (κ2) is 6.23. The number of halogens is 3. The lowest BCUT2D eigenvalue weighted by molar-refractivity contribution is -0.137. The zero-order valence-corrected chi connectivity index (χ0v) is 12.7. The largest absolute Gasteiger partial charge is 0.416 e. The summed E-state index contributed by atoms with van der Waals surface area (Å²) in [7, 11) is 0. The van der Waals surface area contributed by atoms with Gasteiger partial charge >= 0.3 is 6.18 Å². The van der Waals surface area contributed by atoms with Gasteiger partial charge in [-0.05, 0) is 31.0 Å². The molecule has 0 radical (unpaired) electrons. The number of hydrogen-bond acceptors (Lipinski definition) is 4. The molecule has 0 spiro atoms. The van der Waals surface area contributed by atoms with E-state index >= 15 is 0 Å². The Balaban J connectivity index is 1.85. The van der Waals surface area contributed by atoms with Crippen LogP contribution in [0.4, 0.5) is 13.2 Å². The minimum atomic E-state index is -4.45. The Labute approximate surface area is 136 Å². The highest BCUT2D eigenvalue weighted by Gasteiger charge is 2.31. The molecule has 0 saturated carbocycles. The van der Waals surface area contributed by atoms with Crippen LogP contribution in [0.5, 0.6) is 0 Å². The fourth-order valence-corrected chi connectivity index (χ4v) is 2.81. The molecule has 1 saturated heterocycles. The molecule has 0 bridgehead atoms. The number of nitrogens with two attached hydrogens (primary N) is 1. The number of amides is 1. The summed E-state index contributed by atoms with van der Waals surface area (Å²) < 4.78 is 39.5. The Bertz CT molecular complexity index is 743. The fraction of sp³-hybridized carbons (Fsp3) is 0.400. The normalized spacial score (nSPS) is 18.2. The number of likely N-dealkylation sites (tertiary alicyclic amines) is 1. The molecule has 3 rings (SSSR count). The monoisotopic (exact) mass is 339 g/mol. The van der Waals surface area contributed by atoms with Gasteiger partial charge in [-0.2, -0.15) is 13.2 Å². The summed E-state index contributed by atoms with van der Waals surface area (Å²) in [6.07, 6.45) is -1.40. The molecule has 1 fully saturated rings. The van der Waals surface area contributed by atoms with Crippen molar-refractivity contribution in [3.05, 3.63) is 41.7 Å². The molecule has 2 aromatic rings. The summed E-state index contributed by atoms with van der Waals surface area (Å²) in [5.74, 6) is -0.304. The lowest BCUT2D eigenvalue weighted by atomic mass is 10.2. The standard InChI is InChI=1S/C15H16F3N5O/c16-15(17,18)10-3-1-4-11(7-10)23-9-13(20-21-23)14(24)22-6-2-5-12(22)8-19/h1,3-4,7,9,12H,2,5-6,8,19H2/t12-/m1/s1. The highest BCUT2D eigenvalue weighted by atomic mass is 19.4. The number of aromatic nitrogens is 3. The van der Waals surface area contributed by atoms with Gasteiger partial charge in [0.25, 0.3) is 5.91 Å². The second-order valence-electron chi connectivity index (χ2n) is 5.63. The first-order chi connectivity index (χ1) is 11.4. The Morgan fingerprint density at radius 3 is 2.88 bits per heavy atom. The van der Waals surface area contributed by atoms with Gasteiger partial charge in [-0.15, -0.1) is 5.10 Å². The van der Waals surface area contributed by atoms with Gasteiger partial charge in [0.05, 0.1) is 17.4 Å². The van der Waals surface area contributed by atoms with Crippen molar-refractivity contribution in [2.45, 2.75) is 25.1 Å². The summed E-state index contributed by atoms with van der Waals surface area (Å²) >= 11 is 0. The molecule has 6 nitrogen and oxygen atoms in total. The van der Waals surface area contributed by atoms with E-state index in [0.29, 0.717) is 13.1 Å². The zero-order chi connectivity index (χ0) is 17.3. The van der Waals surface area contributed by atoms with Gasteiger partial charge in [0, 0.05) is 19.1 Å². The SMILES string of the molecule is NC[C@H]1CCCN1C(=O)c1cn(-c2cccc(C(F)(F)F)c2)nn1. The Hall–Kier alpha value is -2.42. The third-order valence-electron chi connectivity index (χ3n) is 4.06. The van der Waals surface area contributed by atoms with Crippen LogP contribution in [-0.2, 0) is 6.18 Å². The van der Waals surface area contributed by atoms with Crippen LogP contribution in [0.1, 0.15) is 28.9 Å². The number of nitrogens with zero attached hydrogens (tertiary/aromatic N) is 4. The van der Waals surface area contributed by atoms with Crippen LogP contribution in [0.15, 0.2) is 30.5 Å². The van der Waals surface area contributed by atoms with Crippen LogP contribution in [0.25, 0.3) is 5.69 Å². The van der Waals surface area contributed by atoms with Crippen molar-refractivity contribution in [1.82, 2.24) is 19.9 Å². The van der Waals surface area contributed by atoms with Gasteiger partial charge in [-0.3, -0.25) is 4.79 Å². The highest BCUT2D eigenvalue weighted by Crippen LogP contribution is 2.30. The van der Waals surface area contributed by atoms with Crippen LogP contribution in [0, 0.1) is 0 Å². The summed E-state index contributed by atoms with van der Waals surface area (Å²) in [6.45, 7) is 0.963. The predicted octanol–water partition coefficient (Wildman–Crippen LogP) is 1.85. The average molecular weight is 339 g/mol. The van der Waals surface area contributed by atoms with E-state index in [1.54, 1.807) is 4.90 Å². The fourth-order valence-electron chi connectivity index (χ4n) is 2.81. The van der Waals surface area contributed by atoms with Gasteiger partial charge in [-0.1, -0.05) is 11.3 Å². The van der Waals surface area contributed by atoms with E-state index in [1.807, 2.05) is 0 Å². The van der Waals surface area contributed by atoms with Crippen molar-refractivity contribution in [1.29, 1.82) is 0 Å². The van der Waals surface area contributed by atoms with Gasteiger partial charge < -0.3 is 10.6 Å². The van der Waals surface area contributed by atoms with Crippen molar-refractivity contribution >= 4 is 5.91 Å². The maximum atomic E-state index is 12.8. The number of benzene rings is 1. The van der Waals surface area contributed by atoms with Gasteiger partial charge in [0.2, 0.25) is 0 Å². The minimum Gasteiger partial charge on any atom is -0.333 e. The average Bonchev–Trinajstić information content (AvgIpc) is 3.22. The third-order valence-corrected chi connectivity index (χ3v) is 4.06. The zero-order valence-electron chi connectivity index (χ0n) is 12.7. The topological polar surface area (TPSA) is 77.0 Å². The molecular weight excluding hydrogens is 323 g/mol. The molecule has 1 atom stereocenters. The lowest BCUT2D eigenvalue weighted by Gasteiger charge is -2.22. The van der Waals surface area contributed by atoms with Gasteiger partial charge in [0.15, 0.2) is 5.69 Å². The van der Waals surface area contributed by atoms with Crippen molar-refractivity contribution in [3.63, 3.8) is 0 Å². The maximum Gasteiger partial charge on any atom is 0.416 e. The minimum absolute atomic E-state index is 0.0313. The van der Waals surface area contributed by atoms with Crippen molar-refractivity contribution < 1.29 is 18.0 Å². The number of carbonyl (C=O) groups is 1. The highest BCUT2D eigenvalue weighted by molar-refractivity contribution is 5.92. The quantitative estimate of drug-likeness (QED) is 0.926. The van der Waals surface area contributed by atoms with Gasteiger partial charge in [0.1, 0.15) is 0 Å². The molecule has 1 aliphatic rings. The van der Waals surface area contributed by atoms with Crippen LogP contribution < -0.4 is 5.73 Å². The number of rotatable bonds is 3. The molecule has 128 valence electrons. The first kappa shape index (κ1) is 16.4. The molecule has 9 heteroatoms. The summed E-state index contributed by atoms with van der Waals surface area (Å²) in [4.78, 5) is 14.1. The molecule has 0 aliphatic carbocycles. The Morgan fingerprint density at radius 1 is 1.38 bits per heavy atom. The molecule has 1 aliphatic heterocycles. The van der Waals surface area contributed by atoms with Crippen LogP contribution >= 0.6 is 0 Å². The molecule has 2 N–H and O–H groups in total. The van der Waals surface area contributed by atoms with E-state index in [0.717, 1.165) is 29.7 Å². The van der Waals surface area contributed by atoms with Crippen LogP contribution in [-0.4, -0.2) is 44.9 Å². The molecule has 24 heavy (non-hydrogen) atoms. The van der Waals surface area contributed by atoms with Crippen LogP contribution in [0.3, 0.4) is 0 Å². The molecule has 2 heterocycles. The second-order valence-corrected chi connectivity index (χ2v) is 5.63.